The molecule has 2 bridgehead atoms. The van der Waals surface area contributed by atoms with Gasteiger partial charge in [-0.15, -0.1) is 12.4 Å². The summed E-state index contributed by atoms with van der Waals surface area (Å²) in [6, 6.07) is 6.33. The quantitative estimate of drug-likeness (QED) is 0.698. The third-order valence-electron chi connectivity index (χ3n) is 4.06. The maximum Gasteiger partial charge on any atom is 0.254 e. The predicted octanol–water partition coefficient (Wildman–Crippen LogP) is 3.33. The second-order valence-corrected chi connectivity index (χ2v) is 6.79. The predicted molar refractivity (Wildman–Crippen MR) is 91.9 cm³/mol. The molecule has 0 aliphatic carbocycles. The number of halogens is 3. The maximum atomic E-state index is 12.7. The molecule has 1 aromatic carbocycles. The number of carbonyl (C=O) groups excluding carboxylic acids is 1. The highest BCUT2D eigenvalue weighted by Crippen LogP contribution is 2.30. The number of fused-ring (bicyclic) bond motifs is 2. The molecule has 3 nitrogen and oxygen atoms in total. The Morgan fingerprint density at radius 3 is 2.80 bits per heavy atom. The Kier molecular flexibility index (Phi) is 5.56. The molecule has 20 heavy (non-hydrogen) atoms. The molecule has 0 aromatic heterocycles. The Labute approximate surface area is 144 Å². The van der Waals surface area contributed by atoms with E-state index in [-0.39, 0.29) is 18.3 Å². The molecule has 2 unspecified atom stereocenters. The van der Waals surface area contributed by atoms with Crippen LogP contribution in [0.2, 0.25) is 5.02 Å². The zero-order valence-electron chi connectivity index (χ0n) is 10.9. The zero-order chi connectivity index (χ0) is 13.4. The first-order valence-electron chi connectivity index (χ1n) is 6.65. The van der Waals surface area contributed by atoms with Crippen molar-refractivity contribution in [2.75, 3.05) is 13.1 Å². The van der Waals surface area contributed by atoms with Gasteiger partial charge in [-0.2, -0.15) is 0 Å². The molecule has 0 spiro atoms. The number of rotatable bonds is 1. The molecule has 2 atom stereocenters. The summed E-state index contributed by atoms with van der Waals surface area (Å²) in [5.74, 6) is 0.134. The fourth-order valence-electron chi connectivity index (χ4n) is 3.09. The van der Waals surface area contributed by atoms with Crippen molar-refractivity contribution >= 4 is 52.5 Å². The summed E-state index contributed by atoms with van der Waals surface area (Å²) >= 11 is 8.31. The summed E-state index contributed by atoms with van der Waals surface area (Å²) in [5, 5.41) is 4.07. The van der Waals surface area contributed by atoms with Crippen LogP contribution in [0.1, 0.15) is 29.6 Å². The number of carbonyl (C=O) groups is 1. The molecule has 2 fully saturated rings. The summed E-state index contributed by atoms with van der Waals surface area (Å²) in [6.45, 7) is 1.93. The van der Waals surface area contributed by atoms with Gasteiger partial charge in [-0.1, -0.05) is 11.6 Å². The van der Waals surface area contributed by atoms with E-state index in [1.54, 1.807) is 6.07 Å². The first kappa shape index (κ1) is 16.3. The second kappa shape index (κ2) is 6.81. The molecule has 110 valence electrons. The van der Waals surface area contributed by atoms with Crippen LogP contribution in [0.5, 0.6) is 0 Å². The first-order valence-corrected chi connectivity index (χ1v) is 8.11. The van der Waals surface area contributed by atoms with Crippen LogP contribution in [0, 0.1) is 3.57 Å². The number of nitrogens with one attached hydrogen (secondary N) is 1. The molecule has 0 saturated carbocycles. The number of nitrogens with zero attached hydrogens (tertiary/aromatic N) is 1. The lowest BCUT2D eigenvalue weighted by molar-refractivity contribution is 0.0680. The molecule has 2 aliphatic heterocycles. The average Bonchev–Trinajstić information content (AvgIpc) is 2.65. The molecule has 1 N–H and O–H groups in total. The van der Waals surface area contributed by atoms with Crippen molar-refractivity contribution in [1.82, 2.24) is 10.2 Å². The highest BCUT2D eigenvalue weighted by molar-refractivity contribution is 14.1. The minimum Gasteiger partial charge on any atom is -0.331 e. The van der Waals surface area contributed by atoms with Gasteiger partial charge in [-0.05, 0) is 66.6 Å². The van der Waals surface area contributed by atoms with Gasteiger partial charge in [0, 0.05) is 27.8 Å². The van der Waals surface area contributed by atoms with Crippen LogP contribution >= 0.6 is 46.6 Å². The van der Waals surface area contributed by atoms with Gasteiger partial charge < -0.3 is 10.2 Å². The van der Waals surface area contributed by atoms with Crippen LogP contribution in [0.4, 0.5) is 0 Å². The van der Waals surface area contributed by atoms with E-state index in [0.29, 0.717) is 22.7 Å². The van der Waals surface area contributed by atoms with E-state index >= 15 is 0 Å². The van der Waals surface area contributed by atoms with Crippen molar-refractivity contribution < 1.29 is 4.79 Å². The van der Waals surface area contributed by atoms with E-state index < -0.39 is 0 Å². The fourth-order valence-corrected chi connectivity index (χ4v) is 3.61. The molecule has 1 aromatic rings. The SMILES string of the molecule is Cl.O=C(c1ccc(I)c(Cl)c1)N1C2CCNCC1CC2. The minimum absolute atomic E-state index is 0. The van der Waals surface area contributed by atoms with Crippen molar-refractivity contribution in [3.05, 3.63) is 32.4 Å². The minimum atomic E-state index is 0. The van der Waals surface area contributed by atoms with Crippen molar-refractivity contribution in [2.24, 2.45) is 0 Å². The lowest BCUT2D eigenvalue weighted by Gasteiger charge is -2.28. The Morgan fingerprint density at radius 2 is 2.05 bits per heavy atom. The lowest BCUT2D eigenvalue weighted by Crippen LogP contribution is -2.42. The van der Waals surface area contributed by atoms with Gasteiger partial charge in [-0.25, -0.2) is 0 Å². The van der Waals surface area contributed by atoms with Crippen molar-refractivity contribution in [3.63, 3.8) is 0 Å². The van der Waals surface area contributed by atoms with E-state index in [9.17, 15) is 4.79 Å². The summed E-state index contributed by atoms with van der Waals surface area (Å²) in [5.41, 5.74) is 0.712. The zero-order valence-corrected chi connectivity index (χ0v) is 14.7. The van der Waals surface area contributed by atoms with E-state index in [4.69, 9.17) is 11.6 Å². The molecule has 0 radical (unpaired) electrons. The van der Waals surface area contributed by atoms with Gasteiger partial charge in [0.05, 0.1) is 5.02 Å². The van der Waals surface area contributed by atoms with E-state index in [2.05, 4.69) is 32.8 Å². The average molecular weight is 427 g/mol. The van der Waals surface area contributed by atoms with Crippen LogP contribution < -0.4 is 5.32 Å². The summed E-state index contributed by atoms with van der Waals surface area (Å²) < 4.78 is 0.983. The highest BCUT2D eigenvalue weighted by Gasteiger charge is 2.38. The van der Waals surface area contributed by atoms with Crippen molar-refractivity contribution in [2.45, 2.75) is 31.3 Å². The Morgan fingerprint density at radius 1 is 1.30 bits per heavy atom. The molecule has 2 heterocycles. The van der Waals surface area contributed by atoms with Crippen LogP contribution in [0.25, 0.3) is 0 Å². The van der Waals surface area contributed by atoms with Crippen molar-refractivity contribution in [1.29, 1.82) is 0 Å². The Balaban J connectivity index is 0.00000147. The van der Waals surface area contributed by atoms with Gasteiger partial charge in [0.25, 0.3) is 5.91 Å². The number of hydrogen-bond acceptors (Lipinski definition) is 2. The van der Waals surface area contributed by atoms with E-state index in [1.807, 2.05) is 12.1 Å². The third kappa shape index (κ3) is 3.08. The monoisotopic (exact) mass is 426 g/mol. The molecule has 1 amide bonds. The molecule has 2 aliphatic rings. The van der Waals surface area contributed by atoms with Crippen LogP contribution in [0.3, 0.4) is 0 Å². The standard InChI is InChI=1S/C14H16ClIN2O.ClH/c15-12-7-9(1-4-13(12)16)14(19)18-10-2-3-11(18)8-17-6-5-10;/h1,4,7,10-11,17H,2-3,5-6,8H2;1H. The third-order valence-corrected chi connectivity index (χ3v) is 5.63. The van der Waals surface area contributed by atoms with Gasteiger partial charge in [0.1, 0.15) is 0 Å². The van der Waals surface area contributed by atoms with Gasteiger partial charge in [0.15, 0.2) is 0 Å². The van der Waals surface area contributed by atoms with Gasteiger partial charge >= 0.3 is 0 Å². The number of amides is 1. The Hall–Kier alpha value is -0.0400. The van der Waals surface area contributed by atoms with E-state index in [1.165, 1.54) is 0 Å². The molecular weight excluding hydrogens is 410 g/mol. The Bertz CT molecular complexity index is 498. The largest absolute Gasteiger partial charge is 0.331 e. The molecule has 6 heteroatoms. The normalized spacial score (nSPS) is 25.0. The van der Waals surface area contributed by atoms with E-state index in [0.717, 1.165) is 35.9 Å². The van der Waals surface area contributed by atoms with Gasteiger partial charge in [-0.3, -0.25) is 4.79 Å². The van der Waals surface area contributed by atoms with Crippen LogP contribution in [-0.4, -0.2) is 36.0 Å². The smallest absolute Gasteiger partial charge is 0.254 e. The molecular formula is C14H17Cl2IN2O. The van der Waals surface area contributed by atoms with Crippen molar-refractivity contribution in [3.8, 4) is 0 Å². The summed E-state index contributed by atoms with van der Waals surface area (Å²) in [6.07, 6.45) is 3.30. The fraction of sp³-hybridized carbons (Fsp3) is 0.500. The van der Waals surface area contributed by atoms with Gasteiger partial charge in [0.2, 0.25) is 0 Å². The highest BCUT2D eigenvalue weighted by atomic mass is 127. The summed E-state index contributed by atoms with van der Waals surface area (Å²) in [4.78, 5) is 14.8. The topological polar surface area (TPSA) is 32.3 Å². The van der Waals surface area contributed by atoms with Crippen LogP contribution in [-0.2, 0) is 0 Å². The number of hydrogen-bond donors (Lipinski definition) is 1. The summed E-state index contributed by atoms with van der Waals surface area (Å²) in [7, 11) is 0. The maximum absolute atomic E-state index is 12.7. The number of benzene rings is 1. The lowest BCUT2D eigenvalue weighted by atomic mass is 10.1. The first-order chi connectivity index (χ1) is 9.16. The van der Waals surface area contributed by atoms with Crippen LogP contribution in [0.15, 0.2) is 18.2 Å². The molecule has 2 saturated heterocycles. The second-order valence-electron chi connectivity index (χ2n) is 5.22. The molecule has 3 rings (SSSR count).